The Morgan fingerprint density at radius 3 is 1.77 bits per heavy atom. The summed E-state index contributed by atoms with van der Waals surface area (Å²) in [5.74, 6) is 0. The Morgan fingerprint density at radius 1 is 0.406 bits per heavy atom. The summed E-state index contributed by atoms with van der Waals surface area (Å²) in [4.78, 5) is 12.9. The maximum atomic E-state index is 5.30. The number of pyridine rings is 2. The van der Waals surface area contributed by atoms with Crippen LogP contribution in [0.1, 0.15) is 0 Å². The molecular formula is C62H42N4SSi2. The van der Waals surface area contributed by atoms with E-state index in [0.29, 0.717) is 0 Å². The summed E-state index contributed by atoms with van der Waals surface area (Å²) in [6.07, 6.45) is 5.98. The van der Waals surface area contributed by atoms with E-state index in [-0.39, 0.29) is 0 Å². The summed E-state index contributed by atoms with van der Waals surface area (Å²) in [5.41, 5.74) is 5.40. The van der Waals surface area contributed by atoms with Gasteiger partial charge in [-0.15, -0.1) is 0 Å². The molecule has 0 fully saturated rings. The SMILES string of the molecule is c1ccc([Si](c2ccccc2)(c2cccc(-n3c4ncccc4c4ccc5c(c43)[Si](c3ccccc3)(c3ccccc3)c3ccccc3S5)c2)c2ccc3c4ccccc4n4ccnc4c3c2)cc1. The number of hydrogen-bond donors (Lipinski definition) is 0. The molecule has 5 heterocycles. The van der Waals surface area contributed by atoms with Crippen molar-refractivity contribution in [1.29, 1.82) is 0 Å². The zero-order chi connectivity index (χ0) is 45.5. The molecule has 0 saturated heterocycles. The molecule has 1 aliphatic heterocycles. The van der Waals surface area contributed by atoms with Gasteiger partial charge in [0, 0.05) is 55.6 Å². The summed E-state index contributed by atoms with van der Waals surface area (Å²) in [5, 5.41) is 16.7. The molecule has 1 aliphatic rings. The third kappa shape index (κ3) is 5.75. The Balaban J connectivity index is 1.11. The van der Waals surface area contributed by atoms with Gasteiger partial charge in [0.25, 0.3) is 0 Å². The number of benzene rings is 9. The van der Waals surface area contributed by atoms with Crippen LogP contribution in [0.3, 0.4) is 0 Å². The first-order valence-corrected chi connectivity index (χ1v) is 28.4. The predicted molar refractivity (Wildman–Crippen MR) is 294 cm³/mol. The molecule has 0 bridgehead atoms. The van der Waals surface area contributed by atoms with E-state index in [9.17, 15) is 0 Å². The van der Waals surface area contributed by atoms with Gasteiger partial charge in [0.05, 0.1) is 11.0 Å². The molecule has 69 heavy (non-hydrogen) atoms. The number of para-hydroxylation sites is 1. The van der Waals surface area contributed by atoms with E-state index in [0.717, 1.165) is 33.3 Å². The molecule has 0 spiro atoms. The molecule has 0 amide bonds. The fourth-order valence-electron chi connectivity index (χ4n) is 11.9. The van der Waals surface area contributed by atoms with Gasteiger partial charge in [0.2, 0.25) is 0 Å². The summed E-state index contributed by atoms with van der Waals surface area (Å²) in [6, 6.07) is 89.0. The second-order valence-corrected chi connectivity index (χ2v) is 26.6. The van der Waals surface area contributed by atoms with Crippen molar-refractivity contribution in [2.75, 3.05) is 0 Å². The van der Waals surface area contributed by atoms with Crippen LogP contribution in [-0.4, -0.2) is 35.1 Å². The number of nitrogens with zero attached hydrogens (tertiary/aromatic N) is 4. The lowest BCUT2D eigenvalue weighted by Gasteiger charge is -2.40. The molecule has 0 aliphatic carbocycles. The monoisotopic (exact) mass is 930 g/mol. The fourth-order valence-corrected chi connectivity index (χ4v) is 23.9. The number of aromatic nitrogens is 4. The number of rotatable bonds is 7. The van der Waals surface area contributed by atoms with E-state index < -0.39 is 16.1 Å². The van der Waals surface area contributed by atoms with E-state index in [1.54, 1.807) is 0 Å². The van der Waals surface area contributed by atoms with Crippen LogP contribution >= 0.6 is 11.8 Å². The normalized spacial score (nSPS) is 13.3. The smallest absolute Gasteiger partial charge is 0.184 e. The van der Waals surface area contributed by atoms with Gasteiger partial charge in [-0.1, -0.05) is 206 Å². The second kappa shape index (κ2) is 15.8. The van der Waals surface area contributed by atoms with Crippen molar-refractivity contribution < 1.29 is 0 Å². The van der Waals surface area contributed by atoms with Crippen LogP contribution in [0.15, 0.2) is 265 Å². The highest BCUT2D eigenvalue weighted by atomic mass is 32.2. The lowest BCUT2D eigenvalue weighted by Crippen LogP contribution is -2.76. The van der Waals surface area contributed by atoms with Crippen molar-refractivity contribution in [3.05, 3.63) is 255 Å². The Kier molecular flexibility index (Phi) is 9.14. The molecule has 0 N–H and O–H groups in total. The topological polar surface area (TPSA) is 35.1 Å². The Morgan fingerprint density at radius 2 is 1.01 bits per heavy atom. The van der Waals surface area contributed by atoms with E-state index in [1.807, 2.05) is 24.2 Å². The molecule has 0 unspecified atom stereocenters. The minimum absolute atomic E-state index is 0.955. The Labute approximate surface area is 405 Å². The minimum Gasteiger partial charge on any atom is -0.299 e. The fraction of sp³-hybridized carbons (Fsp3) is 0. The summed E-state index contributed by atoms with van der Waals surface area (Å²) >= 11 is 1.91. The molecule has 4 nitrogen and oxygen atoms in total. The zero-order valence-electron chi connectivity index (χ0n) is 37.4. The van der Waals surface area contributed by atoms with Gasteiger partial charge in [-0.25, -0.2) is 9.97 Å². The third-order valence-electron chi connectivity index (χ3n) is 14.7. The van der Waals surface area contributed by atoms with Gasteiger partial charge < -0.3 is 0 Å². The predicted octanol–water partition coefficient (Wildman–Crippen LogP) is 9.35. The number of fused-ring (bicyclic) bond motifs is 12. The highest BCUT2D eigenvalue weighted by Gasteiger charge is 2.49. The van der Waals surface area contributed by atoms with Crippen LogP contribution in [-0.2, 0) is 0 Å². The van der Waals surface area contributed by atoms with Crippen LogP contribution in [0.25, 0.3) is 54.9 Å². The maximum absolute atomic E-state index is 5.30. The lowest BCUT2D eigenvalue weighted by atomic mass is 10.1. The van der Waals surface area contributed by atoms with Crippen molar-refractivity contribution in [2.24, 2.45) is 0 Å². The molecule has 324 valence electrons. The molecule has 4 aromatic heterocycles. The quantitative estimate of drug-likeness (QED) is 0.0909. The highest BCUT2D eigenvalue weighted by molar-refractivity contribution is 8.00. The van der Waals surface area contributed by atoms with Crippen molar-refractivity contribution >= 4 is 119 Å². The van der Waals surface area contributed by atoms with Gasteiger partial charge in [0.1, 0.15) is 11.3 Å². The first kappa shape index (κ1) is 40.0. The van der Waals surface area contributed by atoms with Crippen LogP contribution in [0.2, 0.25) is 0 Å². The van der Waals surface area contributed by atoms with Crippen LogP contribution in [0.5, 0.6) is 0 Å². The van der Waals surface area contributed by atoms with E-state index in [2.05, 4.69) is 252 Å². The van der Waals surface area contributed by atoms with Crippen LogP contribution in [0.4, 0.5) is 0 Å². The van der Waals surface area contributed by atoms with Crippen molar-refractivity contribution in [3.63, 3.8) is 0 Å². The molecule has 0 atom stereocenters. The lowest BCUT2D eigenvalue weighted by molar-refractivity contribution is 1.14. The molecule has 0 radical (unpaired) electrons. The van der Waals surface area contributed by atoms with E-state index in [1.165, 1.54) is 73.0 Å². The second-order valence-electron chi connectivity index (χ2n) is 18.1. The minimum atomic E-state index is -3.11. The first-order valence-electron chi connectivity index (χ1n) is 23.6. The molecule has 9 aromatic carbocycles. The summed E-state index contributed by atoms with van der Waals surface area (Å²) in [7, 11) is -6.11. The Hall–Kier alpha value is -8.08. The van der Waals surface area contributed by atoms with Crippen LogP contribution in [0, 0.1) is 0 Å². The Bertz CT molecular complexity index is 4040. The van der Waals surface area contributed by atoms with E-state index >= 15 is 0 Å². The number of hydrogen-bond acceptors (Lipinski definition) is 3. The molecule has 14 rings (SSSR count). The summed E-state index contributed by atoms with van der Waals surface area (Å²) in [6.45, 7) is 0. The summed E-state index contributed by atoms with van der Waals surface area (Å²) < 4.78 is 4.77. The van der Waals surface area contributed by atoms with Gasteiger partial charge in [-0.3, -0.25) is 8.97 Å². The molecule has 7 heteroatoms. The van der Waals surface area contributed by atoms with Crippen molar-refractivity contribution in [3.8, 4) is 5.69 Å². The molecular weight excluding hydrogens is 889 g/mol. The number of imidazole rings is 1. The average Bonchev–Trinajstić information content (AvgIpc) is 4.06. The van der Waals surface area contributed by atoms with Gasteiger partial charge in [0.15, 0.2) is 16.1 Å². The largest absolute Gasteiger partial charge is 0.299 e. The highest BCUT2D eigenvalue weighted by Crippen LogP contribution is 2.39. The van der Waals surface area contributed by atoms with Gasteiger partial charge in [-0.05, 0) is 89.3 Å². The van der Waals surface area contributed by atoms with Crippen molar-refractivity contribution in [1.82, 2.24) is 18.9 Å². The third-order valence-corrected chi connectivity index (χ3v) is 25.8. The standard InChI is InChI=1S/C62H42N4SSi2/c1-5-20-44(21-6-1)68(45-22-7-2-8-23-45,49-34-35-50-51-29-13-14-31-55(51)65-40-39-64-61(65)54(50)42-49)48-28-17-19-43(41-48)66-59-52(53-30-18-38-63-62(53)66)36-37-57-60(59)69(46-24-9-3-10-25-46,47-26-11-4-12-27-47)58-33-16-15-32-56(58)67-57/h1-42H. The average molecular weight is 931 g/mol. The van der Waals surface area contributed by atoms with Crippen LogP contribution < -0.4 is 41.5 Å². The maximum Gasteiger partial charge on any atom is 0.184 e. The zero-order valence-corrected chi connectivity index (χ0v) is 40.3. The molecule has 13 aromatic rings. The first-order chi connectivity index (χ1) is 34.2. The van der Waals surface area contributed by atoms with E-state index in [4.69, 9.17) is 9.97 Å². The van der Waals surface area contributed by atoms with Crippen molar-refractivity contribution in [2.45, 2.75) is 9.79 Å². The van der Waals surface area contributed by atoms with Gasteiger partial charge in [-0.2, -0.15) is 0 Å². The molecule has 0 saturated carbocycles. The van der Waals surface area contributed by atoms with Gasteiger partial charge >= 0.3 is 0 Å².